The van der Waals surface area contributed by atoms with Crippen LogP contribution in [0.15, 0.2) is 69.0 Å². The lowest BCUT2D eigenvalue weighted by atomic mass is 10.2. The van der Waals surface area contributed by atoms with Crippen LogP contribution >= 0.6 is 23.1 Å². The van der Waals surface area contributed by atoms with Crippen LogP contribution in [0.4, 0.5) is 14.5 Å². The average Bonchev–Trinajstić information content (AvgIpc) is 3.41. The molecule has 3 aromatic heterocycles. The number of benzene rings is 1. The summed E-state index contributed by atoms with van der Waals surface area (Å²) in [5, 5.41) is 4.73. The number of thiophene rings is 1. The summed E-state index contributed by atoms with van der Waals surface area (Å²) in [4.78, 5) is 30.5. The fourth-order valence-electron chi connectivity index (χ4n) is 2.94. The molecule has 1 aromatic carbocycles. The molecule has 0 aliphatic heterocycles. The van der Waals surface area contributed by atoms with E-state index in [0.29, 0.717) is 26.7 Å². The molecule has 10 heteroatoms. The molecule has 158 valence electrons. The number of rotatable bonds is 7. The van der Waals surface area contributed by atoms with Gasteiger partial charge < -0.3 is 9.73 Å². The number of carbonyl (C=O) groups excluding carboxylic acids is 1. The lowest BCUT2D eigenvalue weighted by Crippen LogP contribution is -2.23. The number of allylic oxidation sites excluding steroid dienone is 1. The third-order valence-electron chi connectivity index (χ3n) is 4.32. The Labute approximate surface area is 183 Å². The molecule has 4 rings (SSSR count). The average molecular weight is 459 g/mol. The maximum Gasteiger partial charge on any atom is 0.263 e. The van der Waals surface area contributed by atoms with E-state index in [4.69, 9.17) is 4.42 Å². The van der Waals surface area contributed by atoms with Crippen LogP contribution in [0.5, 0.6) is 0 Å². The highest BCUT2D eigenvalue weighted by atomic mass is 32.2. The molecule has 0 fully saturated rings. The van der Waals surface area contributed by atoms with E-state index >= 15 is 0 Å². The van der Waals surface area contributed by atoms with Crippen molar-refractivity contribution in [2.75, 3.05) is 11.1 Å². The van der Waals surface area contributed by atoms with Crippen LogP contribution in [0, 0.1) is 11.6 Å². The first-order valence-corrected chi connectivity index (χ1v) is 10.9. The van der Waals surface area contributed by atoms with Gasteiger partial charge in [0.05, 0.1) is 17.4 Å². The Hall–Kier alpha value is -3.24. The van der Waals surface area contributed by atoms with E-state index in [0.717, 1.165) is 23.9 Å². The maximum absolute atomic E-state index is 13.7. The van der Waals surface area contributed by atoms with Gasteiger partial charge in [-0.1, -0.05) is 23.9 Å². The molecule has 0 bridgehead atoms. The lowest BCUT2D eigenvalue weighted by Gasteiger charge is -2.11. The zero-order chi connectivity index (χ0) is 22.0. The molecule has 3 heterocycles. The highest BCUT2D eigenvalue weighted by Gasteiger charge is 2.19. The monoisotopic (exact) mass is 459 g/mol. The number of amides is 1. The van der Waals surface area contributed by atoms with Crippen molar-refractivity contribution < 1.29 is 18.0 Å². The van der Waals surface area contributed by atoms with Crippen molar-refractivity contribution in [3.05, 3.63) is 76.6 Å². The Kier molecular flexibility index (Phi) is 6.01. The largest absolute Gasteiger partial charge is 0.464 e. The topological polar surface area (TPSA) is 77.1 Å². The summed E-state index contributed by atoms with van der Waals surface area (Å²) in [5.74, 6) is -2.01. The molecule has 0 spiro atoms. The van der Waals surface area contributed by atoms with Gasteiger partial charge in [0.25, 0.3) is 5.56 Å². The first-order chi connectivity index (χ1) is 15.0. The number of hydrogen-bond donors (Lipinski definition) is 1. The Bertz CT molecular complexity index is 1310. The van der Waals surface area contributed by atoms with Crippen LogP contribution in [-0.4, -0.2) is 21.2 Å². The number of furan rings is 1. The zero-order valence-corrected chi connectivity index (χ0v) is 17.6. The van der Waals surface area contributed by atoms with Gasteiger partial charge in [-0.3, -0.25) is 14.2 Å². The third kappa shape index (κ3) is 4.17. The highest BCUT2D eigenvalue weighted by molar-refractivity contribution is 7.99. The summed E-state index contributed by atoms with van der Waals surface area (Å²) < 4.78 is 34.3. The maximum atomic E-state index is 13.7. The molecule has 0 saturated carbocycles. The van der Waals surface area contributed by atoms with Crippen LogP contribution in [0.25, 0.3) is 21.5 Å². The highest BCUT2D eigenvalue weighted by Crippen LogP contribution is 2.32. The smallest absolute Gasteiger partial charge is 0.263 e. The van der Waals surface area contributed by atoms with Gasteiger partial charge >= 0.3 is 0 Å². The summed E-state index contributed by atoms with van der Waals surface area (Å²) in [6, 6.07) is 6.80. The number of hydrogen-bond acceptors (Lipinski definition) is 6. The van der Waals surface area contributed by atoms with Crippen LogP contribution in [0.2, 0.25) is 0 Å². The third-order valence-corrected chi connectivity index (χ3v) is 6.17. The minimum atomic E-state index is -0.870. The number of carbonyl (C=O) groups is 1. The van der Waals surface area contributed by atoms with E-state index in [1.165, 1.54) is 28.2 Å². The number of nitrogens with zero attached hydrogens (tertiary/aromatic N) is 2. The van der Waals surface area contributed by atoms with Crippen molar-refractivity contribution in [3.8, 4) is 11.3 Å². The summed E-state index contributed by atoms with van der Waals surface area (Å²) >= 11 is 2.28. The molecule has 1 N–H and O–H groups in total. The second-order valence-corrected chi connectivity index (χ2v) is 8.14. The van der Waals surface area contributed by atoms with Gasteiger partial charge in [-0.25, -0.2) is 13.8 Å². The molecule has 0 aliphatic rings. The fourth-order valence-corrected chi connectivity index (χ4v) is 4.72. The van der Waals surface area contributed by atoms with Gasteiger partial charge in [-0.15, -0.1) is 17.9 Å². The summed E-state index contributed by atoms with van der Waals surface area (Å²) in [7, 11) is 0. The lowest BCUT2D eigenvalue weighted by molar-refractivity contribution is -0.113. The van der Waals surface area contributed by atoms with Crippen molar-refractivity contribution in [2.45, 2.75) is 11.7 Å². The number of halogens is 2. The molecule has 0 saturated heterocycles. The number of nitrogens with one attached hydrogen (secondary N) is 1. The first-order valence-electron chi connectivity index (χ1n) is 9.03. The van der Waals surface area contributed by atoms with Gasteiger partial charge in [-0.2, -0.15) is 0 Å². The Morgan fingerprint density at radius 2 is 2.06 bits per heavy atom. The van der Waals surface area contributed by atoms with Gasteiger partial charge in [-0.05, 0) is 24.3 Å². The minimum Gasteiger partial charge on any atom is -0.464 e. The summed E-state index contributed by atoms with van der Waals surface area (Å²) in [6.45, 7) is 3.86. The van der Waals surface area contributed by atoms with Crippen molar-refractivity contribution in [3.63, 3.8) is 0 Å². The van der Waals surface area contributed by atoms with E-state index < -0.39 is 23.2 Å². The molecular weight excluding hydrogens is 444 g/mol. The van der Waals surface area contributed by atoms with Crippen molar-refractivity contribution in [2.24, 2.45) is 0 Å². The molecule has 1 amide bonds. The zero-order valence-electron chi connectivity index (χ0n) is 15.9. The molecule has 0 unspecified atom stereocenters. The van der Waals surface area contributed by atoms with E-state index in [2.05, 4.69) is 16.9 Å². The van der Waals surface area contributed by atoms with Gasteiger partial charge in [0.2, 0.25) is 5.91 Å². The van der Waals surface area contributed by atoms with Gasteiger partial charge in [0.1, 0.15) is 27.9 Å². The number of para-hydroxylation sites is 1. The van der Waals surface area contributed by atoms with E-state index in [1.54, 1.807) is 23.6 Å². The SMILES string of the molecule is C=CCn1c(SCC(=O)Nc2c(F)cccc2F)nc2scc(-c3ccco3)c2c1=O. The number of thioether (sulfide) groups is 1. The van der Waals surface area contributed by atoms with Gasteiger partial charge in [0, 0.05) is 17.5 Å². The first kappa shape index (κ1) is 21.0. The Balaban J connectivity index is 1.63. The summed E-state index contributed by atoms with van der Waals surface area (Å²) in [6.07, 6.45) is 3.07. The standard InChI is InChI=1S/C21H15F2N3O3S2/c1-2-8-26-20(28)17-12(15-7-4-9-29-15)10-30-19(17)25-21(26)31-11-16(27)24-18-13(22)5-3-6-14(18)23/h2-7,9-10H,1,8,11H2,(H,24,27). The quantitative estimate of drug-likeness (QED) is 0.241. The second-order valence-electron chi connectivity index (χ2n) is 6.34. The molecule has 0 atom stereocenters. The molecule has 4 aromatic rings. The van der Waals surface area contributed by atoms with Crippen LogP contribution in [-0.2, 0) is 11.3 Å². The molecule has 6 nitrogen and oxygen atoms in total. The fraction of sp³-hybridized carbons (Fsp3) is 0.0952. The molecule has 0 radical (unpaired) electrons. The molecule has 0 aliphatic carbocycles. The predicted molar refractivity (Wildman–Crippen MR) is 117 cm³/mol. The Morgan fingerprint density at radius 3 is 2.74 bits per heavy atom. The van der Waals surface area contributed by atoms with E-state index in [9.17, 15) is 18.4 Å². The summed E-state index contributed by atoms with van der Waals surface area (Å²) in [5.41, 5.74) is -0.161. The normalized spacial score (nSPS) is 11.0. The van der Waals surface area contributed by atoms with Crippen LogP contribution in [0.3, 0.4) is 0 Å². The van der Waals surface area contributed by atoms with Crippen molar-refractivity contribution in [1.82, 2.24) is 9.55 Å². The van der Waals surface area contributed by atoms with Crippen LogP contribution < -0.4 is 10.9 Å². The molecular formula is C21H15F2N3O3S2. The van der Waals surface area contributed by atoms with Crippen LogP contribution in [0.1, 0.15) is 0 Å². The van der Waals surface area contributed by atoms with Crippen molar-refractivity contribution >= 4 is 44.9 Å². The Morgan fingerprint density at radius 1 is 1.29 bits per heavy atom. The number of fused-ring (bicyclic) bond motifs is 1. The van der Waals surface area contributed by atoms with Gasteiger partial charge in [0.15, 0.2) is 5.16 Å². The second kappa shape index (κ2) is 8.86. The van der Waals surface area contributed by atoms with E-state index in [1.807, 2.05) is 0 Å². The van der Waals surface area contributed by atoms with E-state index in [-0.39, 0.29) is 17.9 Å². The number of aromatic nitrogens is 2. The minimum absolute atomic E-state index is 0.182. The van der Waals surface area contributed by atoms with Crippen molar-refractivity contribution in [1.29, 1.82) is 0 Å². The number of anilines is 1. The molecule has 31 heavy (non-hydrogen) atoms. The predicted octanol–water partition coefficient (Wildman–Crippen LogP) is 4.91.